The van der Waals surface area contributed by atoms with Crippen LogP contribution in [-0.4, -0.2) is 25.0 Å². The maximum absolute atomic E-state index is 12.2. The summed E-state index contributed by atoms with van der Waals surface area (Å²) >= 11 is 0. The molecular weight excluding hydrogens is 212 g/mol. The van der Waals surface area contributed by atoms with E-state index in [1.165, 1.54) is 44.9 Å². The summed E-state index contributed by atoms with van der Waals surface area (Å²) in [4.78, 5) is 12.2. The van der Waals surface area contributed by atoms with Crippen LogP contribution in [0.2, 0.25) is 0 Å². The summed E-state index contributed by atoms with van der Waals surface area (Å²) in [5.41, 5.74) is 0. The van der Waals surface area contributed by atoms with Gasteiger partial charge < -0.3 is 10.6 Å². The molecule has 3 aliphatic rings. The highest BCUT2D eigenvalue weighted by atomic mass is 16.2. The third kappa shape index (κ3) is 2.35. The van der Waals surface area contributed by atoms with Gasteiger partial charge in [0.05, 0.1) is 6.04 Å². The summed E-state index contributed by atoms with van der Waals surface area (Å²) in [5.74, 6) is 2.42. The molecule has 1 aliphatic heterocycles. The van der Waals surface area contributed by atoms with E-state index in [9.17, 15) is 4.79 Å². The largest absolute Gasteiger partial charge is 0.354 e. The van der Waals surface area contributed by atoms with Crippen molar-refractivity contribution in [2.24, 2.45) is 17.8 Å². The molecule has 1 heterocycles. The Morgan fingerprint density at radius 3 is 2.76 bits per heavy atom. The Balaban J connectivity index is 1.48. The number of fused-ring (bicyclic) bond motifs is 1. The first-order chi connectivity index (χ1) is 8.34. The van der Waals surface area contributed by atoms with Crippen LogP contribution < -0.4 is 10.6 Å². The van der Waals surface area contributed by atoms with Crippen molar-refractivity contribution < 1.29 is 4.79 Å². The van der Waals surface area contributed by atoms with Crippen LogP contribution in [0.25, 0.3) is 0 Å². The predicted octanol–water partition coefficient (Wildman–Crippen LogP) is 1.68. The fourth-order valence-electron chi connectivity index (χ4n) is 4.04. The van der Waals surface area contributed by atoms with Crippen molar-refractivity contribution in [3.8, 4) is 0 Å². The number of hydrogen-bond donors (Lipinski definition) is 2. The topological polar surface area (TPSA) is 41.1 Å². The molecule has 3 heteroatoms. The molecule has 2 N–H and O–H groups in total. The van der Waals surface area contributed by atoms with Crippen molar-refractivity contribution in [2.75, 3.05) is 13.1 Å². The molecule has 3 nitrogen and oxygen atoms in total. The molecule has 96 valence electrons. The van der Waals surface area contributed by atoms with Crippen LogP contribution in [0.1, 0.15) is 44.9 Å². The monoisotopic (exact) mass is 236 g/mol. The van der Waals surface area contributed by atoms with E-state index in [1.807, 2.05) is 0 Å². The van der Waals surface area contributed by atoms with Gasteiger partial charge in [0.25, 0.3) is 0 Å². The number of amides is 1. The molecule has 1 saturated heterocycles. The third-order valence-electron chi connectivity index (χ3n) is 5.07. The van der Waals surface area contributed by atoms with Crippen molar-refractivity contribution in [1.82, 2.24) is 10.6 Å². The Kier molecular flexibility index (Phi) is 3.37. The minimum Gasteiger partial charge on any atom is -0.354 e. The average molecular weight is 236 g/mol. The van der Waals surface area contributed by atoms with Gasteiger partial charge in [-0.05, 0) is 50.0 Å². The molecule has 2 saturated carbocycles. The molecule has 3 fully saturated rings. The first-order valence-corrected chi connectivity index (χ1v) is 7.35. The van der Waals surface area contributed by atoms with Gasteiger partial charge in [0.15, 0.2) is 0 Å². The van der Waals surface area contributed by atoms with E-state index in [0.29, 0.717) is 5.92 Å². The number of hydrogen-bond acceptors (Lipinski definition) is 2. The van der Waals surface area contributed by atoms with Crippen LogP contribution in [0.15, 0.2) is 0 Å². The molecule has 0 radical (unpaired) electrons. The Bertz CT molecular complexity index is 286. The lowest BCUT2D eigenvalue weighted by atomic mass is 9.93. The van der Waals surface area contributed by atoms with Crippen LogP contribution in [0.3, 0.4) is 0 Å². The lowest BCUT2D eigenvalue weighted by Crippen LogP contribution is -2.45. The molecule has 0 aromatic carbocycles. The smallest absolute Gasteiger partial charge is 0.237 e. The lowest BCUT2D eigenvalue weighted by molar-refractivity contribution is -0.123. The number of nitrogens with one attached hydrogen (secondary N) is 2. The minimum atomic E-state index is 0.115. The summed E-state index contributed by atoms with van der Waals surface area (Å²) in [5, 5.41) is 6.60. The van der Waals surface area contributed by atoms with E-state index in [0.717, 1.165) is 24.9 Å². The Morgan fingerprint density at radius 2 is 1.94 bits per heavy atom. The Morgan fingerprint density at radius 1 is 1.12 bits per heavy atom. The van der Waals surface area contributed by atoms with E-state index in [-0.39, 0.29) is 11.9 Å². The maximum atomic E-state index is 12.2. The fraction of sp³-hybridized carbons (Fsp3) is 0.929. The lowest BCUT2D eigenvalue weighted by Gasteiger charge is -2.19. The summed E-state index contributed by atoms with van der Waals surface area (Å²) < 4.78 is 0. The zero-order valence-electron chi connectivity index (χ0n) is 10.6. The van der Waals surface area contributed by atoms with Gasteiger partial charge in [-0.15, -0.1) is 0 Å². The molecule has 0 aromatic rings. The molecule has 0 aromatic heterocycles. The van der Waals surface area contributed by atoms with Gasteiger partial charge in [-0.2, -0.15) is 0 Å². The van der Waals surface area contributed by atoms with Crippen molar-refractivity contribution in [2.45, 2.75) is 51.0 Å². The molecule has 0 spiro atoms. The van der Waals surface area contributed by atoms with Gasteiger partial charge in [-0.25, -0.2) is 0 Å². The zero-order valence-corrected chi connectivity index (χ0v) is 10.6. The van der Waals surface area contributed by atoms with E-state index in [2.05, 4.69) is 10.6 Å². The molecule has 3 unspecified atom stereocenters. The number of carbonyl (C=O) groups is 1. The molecule has 2 aliphatic carbocycles. The van der Waals surface area contributed by atoms with Gasteiger partial charge in [0, 0.05) is 6.54 Å². The van der Waals surface area contributed by atoms with Gasteiger partial charge in [-0.1, -0.05) is 19.3 Å². The molecule has 17 heavy (non-hydrogen) atoms. The number of carbonyl (C=O) groups excluding carboxylic acids is 1. The van der Waals surface area contributed by atoms with E-state index in [4.69, 9.17) is 0 Å². The second kappa shape index (κ2) is 4.97. The van der Waals surface area contributed by atoms with Crippen molar-refractivity contribution >= 4 is 5.91 Å². The minimum absolute atomic E-state index is 0.115. The fourth-order valence-corrected chi connectivity index (χ4v) is 4.04. The third-order valence-corrected chi connectivity index (χ3v) is 5.07. The highest BCUT2D eigenvalue weighted by Crippen LogP contribution is 2.37. The van der Waals surface area contributed by atoms with Crippen LogP contribution in [0, 0.1) is 17.8 Å². The summed E-state index contributed by atoms with van der Waals surface area (Å²) in [6, 6.07) is 0.115. The first-order valence-electron chi connectivity index (χ1n) is 7.35. The van der Waals surface area contributed by atoms with Crippen molar-refractivity contribution in [1.29, 1.82) is 0 Å². The zero-order chi connectivity index (χ0) is 11.7. The van der Waals surface area contributed by atoms with Crippen molar-refractivity contribution in [3.05, 3.63) is 0 Å². The highest BCUT2D eigenvalue weighted by molar-refractivity contribution is 5.82. The second-order valence-electron chi connectivity index (χ2n) is 6.14. The maximum Gasteiger partial charge on any atom is 0.237 e. The number of rotatable bonds is 3. The van der Waals surface area contributed by atoms with Crippen LogP contribution in [0.4, 0.5) is 0 Å². The molecule has 3 atom stereocenters. The predicted molar refractivity (Wildman–Crippen MR) is 67.6 cm³/mol. The van der Waals surface area contributed by atoms with Gasteiger partial charge in [0.1, 0.15) is 0 Å². The van der Waals surface area contributed by atoms with Gasteiger partial charge in [-0.3, -0.25) is 4.79 Å². The molecule has 1 amide bonds. The summed E-state index contributed by atoms with van der Waals surface area (Å²) in [6.45, 7) is 1.97. The van der Waals surface area contributed by atoms with Crippen molar-refractivity contribution in [3.63, 3.8) is 0 Å². The SMILES string of the molecule is O=C(NCC1CCCC1)C1NCC2CCCC21. The van der Waals surface area contributed by atoms with E-state index >= 15 is 0 Å². The van der Waals surface area contributed by atoms with Crippen LogP contribution >= 0.6 is 0 Å². The molecule has 3 rings (SSSR count). The second-order valence-corrected chi connectivity index (χ2v) is 6.14. The van der Waals surface area contributed by atoms with Crippen LogP contribution in [0.5, 0.6) is 0 Å². The Labute approximate surface area is 104 Å². The summed E-state index contributed by atoms with van der Waals surface area (Å²) in [6.07, 6.45) is 9.22. The standard InChI is InChI=1S/C14H24N2O/c17-14(16-8-10-4-1-2-5-10)13-12-7-3-6-11(12)9-15-13/h10-13,15H,1-9H2,(H,16,17). The molecule has 0 bridgehead atoms. The first kappa shape index (κ1) is 11.5. The quantitative estimate of drug-likeness (QED) is 0.783. The highest BCUT2D eigenvalue weighted by Gasteiger charge is 2.42. The average Bonchev–Trinajstić information content (AvgIpc) is 3.02. The van der Waals surface area contributed by atoms with E-state index < -0.39 is 0 Å². The van der Waals surface area contributed by atoms with E-state index in [1.54, 1.807) is 0 Å². The molecular formula is C14H24N2O. The normalized spacial score (nSPS) is 37.3. The Hall–Kier alpha value is -0.570. The van der Waals surface area contributed by atoms with Gasteiger partial charge >= 0.3 is 0 Å². The summed E-state index contributed by atoms with van der Waals surface area (Å²) in [7, 11) is 0. The van der Waals surface area contributed by atoms with Gasteiger partial charge in [0.2, 0.25) is 5.91 Å². The van der Waals surface area contributed by atoms with Crippen LogP contribution in [-0.2, 0) is 4.79 Å².